The summed E-state index contributed by atoms with van der Waals surface area (Å²) in [5.74, 6) is 1.40. The molecule has 4 unspecified atom stereocenters. The summed E-state index contributed by atoms with van der Waals surface area (Å²) < 4.78 is 43.9. The third kappa shape index (κ3) is 9.89. The van der Waals surface area contributed by atoms with Gasteiger partial charge in [-0.2, -0.15) is 0 Å². The first kappa shape index (κ1) is 43.6. The van der Waals surface area contributed by atoms with Crippen LogP contribution in [0.5, 0.6) is 11.5 Å². The molecular formula is C43H54N7O8P. The fourth-order valence-corrected chi connectivity index (χ4v) is 9.09. The van der Waals surface area contributed by atoms with Crippen LogP contribution >= 0.6 is 8.53 Å². The van der Waals surface area contributed by atoms with E-state index in [2.05, 4.69) is 52.7 Å². The van der Waals surface area contributed by atoms with Gasteiger partial charge in [0.2, 0.25) is 0 Å². The Bertz CT molecular complexity index is 2190. The minimum atomic E-state index is -1.64. The average molecular weight is 828 g/mol. The Morgan fingerprint density at radius 2 is 1.54 bits per heavy atom. The quantitative estimate of drug-likeness (QED) is 0.0421. The fraction of sp³-hybridized carbons (Fsp3) is 0.419. The number of nitrogens with one attached hydrogen (secondary N) is 1. The highest BCUT2D eigenvalue weighted by atomic mass is 31.2. The molecule has 3 heterocycles. The van der Waals surface area contributed by atoms with Gasteiger partial charge in [-0.15, -0.1) is 5.10 Å². The van der Waals surface area contributed by atoms with Crippen molar-refractivity contribution in [1.82, 2.24) is 29.2 Å². The first-order chi connectivity index (χ1) is 28.5. The maximum atomic E-state index is 13.6. The number of H-pyrrole nitrogens is 1. The van der Waals surface area contributed by atoms with Crippen LogP contribution in [0.15, 0.2) is 106 Å². The highest BCUT2D eigenvalue weighted by Crippen LogP contribution is 2.50. The Kier molecular flexibility index (Phi) is 14.6. The van der Waals surface area contributed by atoms with Gasteiger partial charge < -0.3 is 33.0 Å². The molecule has 1 aliphatic heterocycles. The number of aliphatic imine (C=N–C) groups is 1. The van der Waals surface area contributed by atoms with Crippen LogP contribution < -0.4 is 20.7 Å². The number of methoxy groups -OCH3 is 2. The van der Waals surface area contributed by atoms with E-state index in [1.54, 1.807) is 34.5 Å². The minimum absolute atomic E-state index is 0.0261. The average Bonchev–Trinajstić information content (AvgIpc) is 3.85. The van der Waals surface area contributed by atoms with E-state index in [9.17, 15) is 9.59 Å². The van der Waals surface area contributed by atoms with Crippen LogP contribution in [0.4, 0.5) is 0 Å². The largest absolute Gasteiger partial charge is 0.497 e. The Labute approximate surface area is 345 Å². The fourth-order valence-electron chi connectivity index (χ4n) is 7.32. The van der Waals surface area contributed by atoms with Crippen molar-refractivity contribution in [3.05, 3.63) is 129 Å². The second-order valence-corrected chi connectivity index (χ2v) is 16.1. The molecule has 1 N–H and O–H groups in total. The van der Waals surface area contributed by atoms with Crippen molar-refractivity contribution in [1.29, 1.82) is 0 Å². The third-order valence-corrected chi connectivity index (χ3v) is 12.2. The highest BCUT2D eigenvalue weighted by molar-refractivity contribution is 7.44. The molecule has 16 heteroatoms. The van der Waals surface area contributed by atoms with Crippen molar-refractivity contribution in [3.8, 4) is 22.8 Å². The van der Waals surface area contributed by atoms with E-state index in [-0.39, 0.29) is 30.7 Å². The molecule has 0 amide bonds. The van der Waals surface area contributed by atoms with Crippen molar-refractivity contribution >= 4 is 14.7 Å². The molecule has 1 aliphatic rings. The number of rotatable bonds is 19. The van der Waals surface area contributed by atoms with Gasteiger partial charge in [-0.1, -0.05) is 59.8 Å². The number of aromatic amines is 1. The number of hydrogen-bond acceptors (Lipinski definition) is 12. The molecule has 5 aromatic rings. The number of benzene rings is 3. The molecule has 0 saturated carbocycles. The number of aryl methyl sites for hydroxylation is 1. The van der Waals surface area contributed by atoms with Gasteiger partial charge in [-0.25, -0.2) is 9.46 Å². The summed E-state index contributed by atoms with van der Waals surface area (Å²) in [5, 5.41) is 8.10. The van der Waals surface area contributed by atoms with Crippen molar-refractivity contribution in [2.75, 3.05) is 34.5 Å². The van der Waals surface area contributed by atoms with Gasteiger partial charge in [0, 0.05) is 51.4 Å². The van der Waals surface area contributed by atoms with Crippen molar-refractivity contribution in [3.63, 3.8) is 0 Å². The zero-order chi connectivity index (χ0) is 42.1. The number of hydrogen-bond donors (Lipinski definition) is 1. The van der Waals surface area contributed by atoms with Gasteiger partial charge in [0.1, 0.15) is 35.1 Å². The molecule has 15 nitrogen and oxygen atoms in total. The van der Waals surface area contributed by atoms with Crippen LogP contribution in [0.1, 0.15) is 63.5 Å². The zero-order valence-electron chi connectivity index (χ0n) is 34.8. The maximum absolute atomic E-state index is 13.6. The standard InChI is InChI=1S/C43H54N7O8P/c1-29(2)50(30(3)4)59(56-24-12-23-44-5)58-38-25-40(49-26-36(41(51)45-42(49)52)37-27-48(6)47-46-37)57-39(38)28-55-43(31-13-10-9-11-14-31,32-15-19-34(53-7)20-16-32)33-17-21-35(54-8)22-18-33/h9-11,13-23,26-27,29-30,38-40H,12,24-25,28H2,1-8H3,(H,45,51,52). The van der Waals surface area contributed by atoms with Crippen molar-refractivity contribution < 1.29 is 28.0 Å². The second-order valence-electron chi connectivity index (χ2n) is 14.7. The van der Waals surface area contributed by atoms with Gasteiger partial charge in [-0.05, 0) is 68.7 Å². The lowest BCUT2D eigenvalue weighted by molar-refractivity contribution is -0.0925. The topological polar surface area (TPSA) is 157 Å². The van der Waals surface area contributed by atoms with Crippen LogP contribution in [0.25, 0.3) is 11.3 Å². The predicted molar refractivity (Wildman–Crippen MR) is 227 cm³/mol. The third-order valence-electron chi connectivity index (χ3n) is 10.1. The molecule has 314 valence electrons. The smallest absolute Gasteiger partial charge is 0.330 e. The van der Waals surface area contributed by atoms with E-state index in [0.717, 1.165) is 16.7 Å². The maximum Gasteiger partial charge on any atom is 0.330 e. The van der Waals surface area contributed by atoms with E-state index < -0.39 is 43.8 Å². The van der Waals surface area contributed by atoms with Crippen LogP contribution in [-0.4, -0.2) is 94.2 Å². The monoisotopic (exact) mass is 827 g/mol. The number of nitrogens with zero attached hydrogens (tertiary/aromatic N) is 6. The second kappa shape index (κ2) is 19.8. The zero-order valence-corrected chi connectivity index (χ0v) is 35.7. The summed E-state index contributed by atoms with van der Waals surface area (Å²) in [7, 11) is 5.06. The van der Waals surface area contributed by atoms with Gasteiger partial charge in [0.25, 0.3) is 14.1 Å². The molecular weight excluding hydrogens is 773 g/mol. The molecule has 1 fully saturated rings. The molecule has 0 radical (unpaired) electrons. The van der Waals surface area contributed by atoms with E-state index in [1.807, 2.05) is 85.1 Å². The van der Waals surface area contributed by atoms with Crippen LogP contribution in [0.2, 0.25) is 0 Å². The molecule has 0 spiro atoms. The molecule has 6 rings (SSSR count). The normalized spacial score (nSPS) is 17.7. The van der Waals surface area contributed by atoms with E-state index in [1.165, 1.54) is 15.4 Å². The lowest BCUT2D eigenvalue weighted by atomic mass is 9.80. The molecule has 4 atom stereocenters. The van der Waals surface area contributed by atoms with Crippen LogP contribution in [0, 0.1) is 0 Å². The summed E-state index contributed by atoms with van der Waals surface area (Å²) in [6.07, 6.45) is 3.56. The SMILES string of the molecule is CN=CCCOP(OC1CC(n2cc(-c3cn(C)nn3)c(=O)[nH]c2=O)OC1COC(c1ccccc1)(c1ccc(OC)cc1)c1ccc(OC)cc1)N(C(C)C)C(C)C. The summed E-state index contributed by atoms with van der Waals surface area (Å²) in [6, 6.07) is 25.8. The summed E-state index contributed by atoms with van der Waals surface area (Å²) in [6.45, 7) is 8.85. The van der Waals surface area contributed by atoms with Gasteiger partial charge in [0.15, 0.2) is 0 Å². The van der Waals surface area contributed by atoms with E-state index in [4.69, 9.17) is 28.0 Å². The summed E-state index contributed by atoms with van der Waals surface area (Å²) >= 11 is 0. The highest BCUT2D eigenvalue weighted by Gasteiger charge is 2.45. The predicted octanol–water partition coefficient (Wildman–Crippen LogP) is 6.48. The Morgan fingerprint density at radius 3 is 2.08 bits per heavy atom. The number of aromatic nitrogens is 5. The molecule has 0 bridgehead atoms. The van der Waals surface area contributed by atoms with Crippen LogP contribution in [0.3, 0.4) is 0 Å². The van der Waals surface area contributed by atoms with E-state index >= 15 is 0 Å². The van der Waals surface area contributed by atoms with E-state index in [0.29, 0.717) is 30.2 Å². The molecule has 3 aromatic carbocycles. The lowest BCUT2D eigenvalue weighted by Gasteiger charge is -2.39. The van der Waals surface area contributed by atoms with Crippen molar-refractivity contribution in [2.45, 2.75) is 76.7 Å². The first-order valence-corrected chi connectivity index (χ1v) is 20.8. The number of ether oxygens (including phenoxy) is 4. The minimum Gasteiger partial charge on any atom is -0.497 e. The Balaban J connectivity index is 1.45. The Hall–Kier alpha value is -5.02. The molecule has 1 saturated heterocycles. The van der Waals surface area contributed by atoms with Gasteiger partial charge in [-0.3, -0.25) is 19.0 Å². The van der Waals surface area contributed by atoms with Gasteiger partial charge in [0.05, 0.1) is 45.3 Å². The molecule has 2 aromatic heterocycles. The van der Waals surface area contributed by atoms with Crippen molar-refractivity contribution in [2.24, 2.45) is 12.0 Å². The van der Waals surface area contributed by atoms with Gasteiger partial charge >= 0.3 is 5.69 Å². The Morgan fingerprint density at radius 1 is 0.932 bits per heavy atom. The molecule has 0 aliphatic carbocycles. The first-order valence-electron chi connectivity index (χ1n) is 19.6. The lowest BCUT2D eigenvalue weighted by Crippen LogP contribution is -2.39. The van der Waals surface area contributed by atoms with Crippen LogP contribution in [-0.2, 0) is 31.2 Å². The summed E-state index contributed by atoms with van der Waals surface area (Å²) in [4.78, 5) is 33.2. The summed E-state index contributed by atoms with van der Waals surface area (Å²) in [5.41, 5.74) is 0.700. The molecule has 59 heavy (non-hydrogen) atoms.